The minimum Gasteiger partial charge on any atom is -0.500 e. The van der Waals surface area contributed by atoms with Crippen LogP contribution in [0.4, 0.5) is 5.69 Å². The third-order valence-corrected chi connectivity index (χ3v) is 3.35. The average Bonchev–Trinajstić information content (AvgIpc) is 2.62. The number of aryl methyl sites for hydroxylation is 1. The van der Waals surface area contributed by atoms with Crippen molar-refractivity contribution in [2.24, 2.45) is 5.10 Å². The van der Waals surface area contributed by atoms with Crippen LogP contribution in [0.1, 0.15) is 11.1 Å². The number of ether oxygens (including phenoxy) is 2. The van der Waals surface area contributed by atoms with Crippen molar-refractivity contribution in [3.63, 3.8) is 0 Å². The van der Waals surface area contributed by atoms with Crippen LogP contribution in [0.3, 0.4) is 0 Å². The second-order valence-corrected chi connectivity index (χ2v) is 5.20. The normalized spacial score (nSPS) is 10.5. The van der Waals surface area contributed by atoms with Gasteiger partial charge in [0, 0.05) is 11.6 Å². The van der Waals surface area contributed by atoms with Gasteiger partial charge in [0.25, 0.3) is 5.91 Å². The van der Waals surface area contributed by atoms with Gasteiger partial charge in [-0.3, -0.25) is 14.9 Å². The Balaban J connectivity index is 1.99. The Morgan fingerprint density at radius 2 is 2.08 bits per heavy atom. The maximum absolute atomic E-state index is 11.7. The van der Waals surface area contributed by atoms with Crippen LogP contribution < -0.4 is 14.9 Å². The topological polar surface area (TPSA) is 123 Å². The number of carbonyl (C=O) groups is 1. The highest BCUT2D eigenvalue weighted by Gasteiger charge is 2.19. The summed E-state index contributed by atoms with van der Waals surface area (Å²) >= 11 is 0. The second kappa shape index (κ2) is 8.47. The van der Waals surface area contributed by atoms with Crippen molar-refractivity contribution in [3.05, 3.63) is 57.6 Å². The van der Waals surface area contributed by atoms with E-state index < -0.39 is 22.3 Å². The molecule has 0 aliphatic rings. The number of amides is 1. The smallest absolute Gasteiger partial charge is 0.315 e. The number of hydrazone groups is 1. The molecule has 2 N–H and O–H groups in total. The summed E-state index contributed by atoms with van der Waals surface area (Å²) in [7, 11) is 1.27. The average molecular weight is 359 g/mol. The summed E-state index contributed by atoms with van der Waals surface area (Å²) in [5.41, 5.74) is 2.89. The number of para-hydroxylation sites is 1. The SMILES string of the molecule is COc1cc(C=NNC(=O)COc2ccccc2C)cc([N+](=O)[O-])c1O. The van der Waals surface area contributed by atoms with Crippen LogP contribution in [-0.2, 0) is 4.79 Å². The second-order valence-electron chi connectivity index (χ2n) is 5.20. The van der Waals surface area contributed by atoms with Crippen LogP contribution in [0.15, 0.2) is 41.5 Å². The highest BCUT2D eigenvalue weighted by atomic mass is 16.6. The minimum atomic E-state index is -0.746. The molecule has 0 atom stereocenters. The van der Waals surface area contributed by atoms with Crippen LogP contribution in [0, 0.1) is 17.0 Å². The van der Waals surface area contributed by atoms with Crippen molar-refractivity contribution >= 4 is 17.8 Å². The molecule has 9 heteroatoms. The van der Waals surface area contributed by atoms with E-state index in [1.807, 2.05) is 19.1 Å². The molecule has 0 aliphatic carbocycles. The highest BCUT2D eigenvalue weighted by molar-refractivity contribution is 5.85. The molecule has 26 heavy (non-hydrogen) atoms. The molecule has 2 aromatic rings. The van der Waals surface area contributed by atoms with E-state index in [4.69, 9.17) is 9.47 Å². The van der Waals surface area contributed by atoms with Crippen LogP contribution in [0.25, 0.3) is 0 Å². The molecular weight excluding hydrogens is 342 g/mol. The van der Waals surface area contributed by atoms with Gasteiger partial charge in [-0.05, 0) is 24.6 Å². The summed E-state index contributed by atoms with van der Waals surface area (Å²) in [6.07, 6.45) is 1.20. The van der Waals surface area contributed by atoms with Gasteiger partial charge >= 0.3 is 5.69 Å². The van der Waals surface area contributed by atoms with Crippen LogP contribution in [0.2, 0.25) is 0 Å². The molecule has 0 spiro atoms. The summed E-state index contributed by atoms with van der Waals surface area (Å²) in [6, 6.07) is 9.71. The molecule has 0 heterocycles. The number of methoxy groups -OCH3 is 1. The van der Waals surface area contributed by atoms with Crippen LogP contribution in [0.5, 0.6) is 17.2 Å². The number of nitro benzene ring substituents is 1. The molecule has 1 amide bonds. The predicted octanol–water partition coefficient (Wildman–Crippen LogP) is 2.15. The van der Waals surface area contributed by atoms with Gasteiger partial charge in [-0.1, -0.05) is 18.2 Å². The maximum Gasteiger partial charge on any atom is 0.315 e. The van der Waals surface area contributed by atoms with Gasteiger partial charge < -0.3 is 14.6 Å². The quantitative estimate of drug-likeness (QED) is 0.443. The zero-order valence-electron chi connectivity index (χ0n) is 14.1. The minimum absolute atomic E-state index is 0.0742. The fraction of sp³-hybridized carbons (Fsp3) is 0.176. The molecule has 9 nitrogen and oxygen atoms in total. The van der Waals surface area contributed by atoms with Crippen LogP contribution in [-0.4, -0.2) is 35.9 Å². The number of nitrogens with one attached hydrogen (secondary N) is 1. The number of phenols is 1. The van der Waals surface area contributed by atoms with E-state index in [0.29, 0.717) is 5.75 Å². The van der Waals surface area contributed by atoms with Gasteiger partial charge in [0.2, 0.25) is 5.75 Å². The molecule has 0 fully saturated rings. The third-order valence-electron chi connectivity index (χ3n) is 3.35. The number of nitro groups is 1. The number of phenolic OH excluding ortho intramolecular Hbond substituents is 1. The fourth-order valence-corrected chi connectivity index (χ4v) is 2.06. The van der Waals surface area contributed by atoms with Crippen molar-refractivity contribution < 1.29 is 24.3 Å². The zero-order valence-corrected chi connectivity index (χ0v) is 14.1. The molecule has 0 saturated carbocycles. The summed E-state index contributed by atoms with van der Waals surface area (Å²) in [6.45, 7) is 1.62. The van der Waals surface area contributed by atoms with Gasteiger partial charge in [-0.25, -0.2) is 5.43 Å². The number of rotatable bonds is 7. The highest BCUT2D eigenvalue weighted by Crippen LogP contribution is 2.36. The molecule has 2 aromatic carbocycles. The number of nitrogens with zero attached hydrogens (tertiary/aromatic N) is 2. The lowest BCUT2D eigenvalue weighted by Gasteiger charge is -2.07. The zero-order chi connectivity index (χ0) is 19.1. The fourth-order valence-electron chi connectivity index (χ4n) is 2.06. The monoisotopic (exact) mass is 359 g/mol. The van der Waals surface area contributed by atoms with Gasteiger partial charge in [-0.15, -0.1) is 0 Å². The summed E-state index contributed by atoms with van der Waals surface area (Å²) < 4.78 is 10.3. The third kappa shape index (κ3) is 4.69. The number of hydrogen-bond acceptors (Lipinski definition) is 7. The lowest BCUT2D eigenvalue weighted by molar-refractivity contribution is -0.386. The van der Waals surface area contributed by atoms with Crippen molar-refractivity contribution in [1.82, 2.24) is 5.43 Å². The largest absolute Gasteiger partial charge is 0.500 e. The standard InChI is InChI=1S/C17H17N3O6/c1-11-5-3-4-6-14(11)26-10-16(21)19-18-9-12-7-13(20(23)24)17(22)15(8-12)25-2/h3-9,22H,10H2,1-2H3,(H,19,21). The van der Waals surface area contributed by atoms with E-state index in [0.717, 1.165) is 11.6 Å². The first kappa shape index (κ1) is 18.7. The van der Waals surface area contributed by atoms with Gasteiger partial charge in [0.05, 0.1) is 18.2 Å². The number of aromatic hydroxyl groups is 1. The van der Waals surface area contributed by atoms with Crippen LogP contribution >= 0.6 is 0 Å². The summed E-state index contributed by atoms with van der Waals surface area (Å²) in [5, 5.41) is 24.3. The van der Waals surface area contributed by atoms with E-state index in [2.05, 4.69) is 10.5 Å². The van der Waals surface area contributed by atoms with Gasteiger partial charge in [-0.2, -0.15) is 5.10 Å². The van der Waals surface area contributed by atoms with Crippen molar-refractivity contribution in [2.45, 2.75) is 6.92 Å². The molecule has 0 unspecified atom stereocenters. The first-order valence-corrected chi connectivity index (χ1v) is 7.48. The first-order chi connectivity index (χ1) is 12.4. The molecular formula is C17H17N3O6. The van der Waals surface area contributed by atoms with E-state index in [9.17, 15) is 20.0 Å². The maximum atomic E-state index is 11.7. The summed E-state index contributed by atoms with van der Waals surface area (Å²) in [4.78, 5) is 21.9. The lowest BCUT2D eigenvalue weighted by atomic mass is 10.2. The Labute approximate surface area is 149 Å². The number of carbonyl (C=O) groups excluding carboxylic acids is 1. The lowest BCUT2D eigenvalue weighted by Crippen LogP contribution is -2.24. The van der Waals surface area contributed by atoms with Crippen molar-refractivity contribution in [3.8, 4) is 17.2 Å². The number of benzene rings is 2. The molecule has 136 valence electrons. The molecule has 0 radical (unpaired) electrons. The van der Waals surface area contributed by atoms with E-state index >= 15 is 0 Å². The summed E-state index contributed by atoms with van der Waals surface area (Å²) in [5.74, 6) is -0.560. The Kier molecular flexibility index (Phi) is 6.10. The van der Waals surface area contributed by atoms with E-state index in [1.54, 1.807) is 12.1 Å². The molecule has 0 saturated heterocycles. The molecule has 2 rings (SSSR count). The predicted molar refractivity (Wildman–Crippen MR) is 93.7 cm³/mol. The number of hydrogen-bond donors (Lipinski definition) is 2. The van der Waals surface area contributed by atoms with Crippen molar-refractivity contribution in [1.29, 1.82) is 0 Å². The molecule has 0 aromatic heterocycles. The molecule has 0 aliphatic heterocycles. The van der Waals surface area contributed by atoms with E-state index in [-0.39, 0.29) is 17.9 Å². The Hall–Kier alpha value is -3.62. The molecule has 0 bridgehead atoms. The van der Waals surface area contributed by atoms with Crippen molar-refractivity contribution in [2.75, 3.05) is 13.7 Å². The van der Waals surface area contributed by atoms with Gasteiger partial charge in [0.15, 0.2) is 12.4 Å². The Bertz CT molecular complexity index is 850. The Morgan fingerprint density at radius 3 is 2.73 bits per heavy atom. The first-order valence-electron chi connectivity index (χ1n) is 7.48. The Morgan fingerprint density at radius 1 is 1.35 bits per heavy atom. The van der Waals surface area contributed by atoms with E-state index in [1.165, 1.54) is 19.4 Å². The van der Waals surface area contributed by atoms with Gasteiger partial charge in [0.1, 0.15) is 5.75 Å².